The van der Waals surface area contributed by atoms with E-state index < -0.39 is 6.03 Å². The molecule has 34 heavy (non-hydrogen) atoms. The first-order valence-corrected chi connectivity index (χ1v) is 11.1. The minimum Gasteiger partial charge on any atom is -0.495 e. The van der Waals surface area contributed by atoms with E-state index in [9.17, 15) is 4.79 Å². The Labute approximate surface area is 203 Å². The summed E-state index contributed by atoms with van der Waals surface area (Å²) in [6, 6.07) is 12.8. The van der Waals surface area contributed by atoms with Crippen molar-refractivity contribution in [2.24, 2.45) is 4.99 Å². The fourth-order valence-electron chi connectivity index (χ4n) is 3.77. The van der Waals surface area contributed by atoms with Crippen LogP contribution in [0.2, 0.25) is 5.02 Å². The molecule has 0 radical (unpaired) electrons. The number of aliphatic imine (C=N–C) groups is 1. The van der Waals surface area contributed by atoms with Crippen LogP contribution in [0.25, 0.3) is 0 Å². The number of amides is 2. The minimum atomic E-state index is -0.403. The number of aryl methyl sites for hydroxylation is 1. The van der Waals surface area contributed by atoms with E-state index in [0.29, 0.717) is 28.8 Å². The molecule has 0 bridgehead atoms. The van der Waals surface area contributed by atoms with Gasteiger partial charge >= 0.3 is 6.03 Å². The molecule has 0 atom stereocenters. The maximum atomic E-state index is 12.8. The van der Waals surface area contributed by atoms with Gasteiger partial charge in [-0.2, -0.15) is 0 Å². The van der Waals surface area contributed by atoms with Crippen LogP contribution in [0.4, 0.5) is 16.2 Å². The molecule has 0 spiro atoms. The summed E-state index contributed by atoms with van der Waals surface area (Å²) in [4.78, 5) is 23.7. The normalized spacial score (nSPS) is 12.8. The van der Waals surface area contributed by atoms with Crippen LogP contribution in [0.5, 0.6) is 11.5 Å². The minimum absolute atomic E-state index is 0.369. The lowest BCUT2D eigenvalue weighted by molar-refractivity contribution is 0.262. The Hall–Kier alpha value is -3.78. The summed E-state index contributed by atoms with van der Waals surface area (Å²) >= 11 is 6.22. The van der Waals surface area contributed by atoms with Crippen LogP contribution >= 0.6 is 11.6 Å². The third kappa shape index (κ3) is 5.23. The molecule has 176 valence electrons. The van der Waals surface area contributed by atoms with Crippen molar-refractivity contribution in [2.45, 2.75) is 13.5 Å². The van der Waals surface area contributed by atoms with E-state index in [1.165, 1.54) is 14.2 Å². The molecule has 0 saturated carbocycles. The summed E-state index contributed by atoms with van der Waals surface area (Å²) in [5.41, 5.74) is 4.21. The number of hydrogen-bond acceptors (Lipinski definition) is 6. The van der Waals surface area contributed by atoms with Crippen LogP contribution in [0, 0.1) is 6.92 Å². The summed E-state index contributed by atoms with van der Waals surface area (Å²) in [6.07, 6.45) is 3.54. The Morgan fingerprint density at radius 3 is 2.50 bits per heavy atom. The molecular formula is C25H26ClN5O3. The van der Waals surface area contributed by atoms with E-state index in [-0.39, 0.29) is 0 Å². The fourth-order valence-corrected chi connectivity index (χ4v) is 4.01. The summed E-state index contributed by atoms with van der Waals surface area (Å²) in [7, 11) is 3.03. The quantitative estimate of drug-likeness (QED) is 0.499. The van der Waals surface area contributed by atoms with Gasteiger partial charge in [-0.1, -0.05) is 23.7 Å². The third-order valence-corrected chi connectivity index (χ3v) is 5.81. The number of rotatable bonds is 7. The monoisotopic (exact) mass is 479 g/mol. The lowest BCUT2D eigenvalue weighted by Gasteiger charge is -2.21. The smallest absolute Gasteiger partial charge is 0.323 e. The van der Waals surface area contributed by atoms with Crippen LogP contribution in [0.1, 0.15) is 16.7 Å². The van der Waals surface area contributed by atoms with Gasteiger partial charge in [0, 0.05) is 42.8 Å². The van der Waals surface area contributed by atoms with Crippen LogP contribution < -0.4 is 20.1 Å². The van der Waals surface area contributed by atoms with Crippen molar-refractivity contribution in [2.75, 3.05) is 37.9 Å². The molecule has 1 aliphatic rings. The largest absolute Gasteiger partial charge is 0.495 e. The number of nitrogens with zero attached hydrogens (tertiary/aromatic N) is 3. The summed E-state index contributed by atoms with van der Waals surface area (Å²) < 4.78 is 10.6. The number of halogens is 1. The molecule has 1 aliphatic heterocycles. The number of anilines is 2. The van der Waals surface area contributed by atoms with Gasteiger partial charge in [0.1, 0.15) is 17.3 Å². The van der Waals surface area contributed by atoms with E-state index in [2.05, 4.69) is 31.6 Å². The highest BCUT2D eigenvalue weighted by Crippen LogP contribution is 2.36. The summed E-state index contributed by atoms with van der Waals surface area (Å²) in [6.45, 7) is 4.22. The second kappa shape index (κ2) is 10.4. The summed E-state index contributed by atoms with van der Waals surface area (Å²) in [5.74, 6) is 1.86. The van der Waals surface area contributed by atoms with E-state index in [4.69, 9.17) is 21.1 Å². The molecule has 0 fully saturated rings. The van der Waals surface area contributed by atoms with Gasteiger partial charge in [-0.25, -0.2) is 4.79 Å². The van der Waals surface area contributed by atoms with Gasteiger partial charge in [0.25, 0.3) is 0 Å². The molecule has 2 amide bonds. The molecular weight excluding hydrogens is 454 g/mol. The molecule has 2 aromatic carbocycles. The average molecular weight is 480 g/mol. The molecule has 0 unspecified atom stereocenters. The van der Waals surface area contributed by atoms with Crippen LogP contribution in [-0.4, -0.2) is 49.1 Å². The number of benzene rings is 2. The molecule has 2 heterocycles. The van der Waals surface area contributed by atoms with E-state index in [1.807, 2.05) is 31.2 Å². The summed E-state index contributed by atoms with van der Waals surface area (Å²) in [5, 5.41) is 6.10. The lowest BCUT2D eigenvalue weighted by atomic mass is 10.1. The highest BCUT2D eigenvalue weighted by atomic mass is 35.5. The number of pyridine rings is 1. The second-order valence-electron chi connectivity index (χ2n) is 7.78. The van der Waals surface area contributed by atoms with Gasteiger partial charge in [-0.05, 0) is 42.3 Å². The molecule has 8 nitrogen and oxygen atoms in total. The zero-order chi connectivity index (χ0) is 24.1. The van der Waals surface area contributed by atoms with Gasteiger partial charge in [-0.3, -0.25) is 9.98 Å². The van der Waals surface area contributed by atoms with Crippen molar-refractivity contribution in [3.05, 3.63) is 76.6 Å². The number of ether oxygens (including phenoxy) is 2. The second-order valence-corrected chi connectivity index (χ2v) is 8.19. The number of methoxy groups -OCH3 is 2. The molecule has 3 aromatic rings. The van der Waals surface area contributed by atoms with Crippen molar-refractivity contribution < 1.29 is 14.3 Å². The van der Waals surface area contributed by atoms with Gasteiger partial charge in [0.2, 0.25) is 0 Å². The van der Waals surface area contributed by atoms with Gasteiger partial charge in [0.05, 0.1) is 31.5 Å². The lowest BCUT2D eigenvalue weighted by Crippen LogP contribution is -2.28. The number of amidine groups is 1. The molecule has 1 aromatic heterocycles. The number of carbonyl (C=O) groups excluding carboxylic acids is 1. The predicted octanol–water partition coefficient (Wildman–Crippen LogP) is 4.97. The molecule has 0 aliphatic carbocycles. The Morgan fingerprint density at radius 2 is 1.76 bits per heavy atom. The SMILES string of the molecule is COc1cc(OC)c(NC(=O)Nc2cc(CN3CCN=C3c3ccncc3)ccc2C)cc1Cl. The Kier molecular flexibility index (Phi) is 7.18. The first-order valence-electron chi connectivity index (χ1n) is 10.8. The number of hydrogen-bond donors (Lipinski definition) is 2. The molecule has 9 heteroatoms. The van der Waals surface area contributed by atoms with Gasteiger partial charge in [-0.15, -0.1) is 0 Å². The number of nitrogens with one attached hydrogen (secondary N) is 2. The van der Waals surface area contributed by atoms with E-state index >= 15 is 0 Å². The van der Waals surface area contributed by atoms with Crippen molar-refractivity contribution in [1.82, 2.24) is 9.88 Å². The Balaban J connectivity index is 1.47. The van der Waals surface area contributed by atoms with Gasteiger partial charge < -0.3 is 25.0 Å². The van der Waals surface area contributed by atoms with E-state index in [0.717, 1.165) is 41.3 Å². The maximum absolute atomic E-state index is 12.8. The standard InChI is InChI=1S/C25H26ClN5O3/c1-16-4-5-17(15-31-11-10-28-24(31)18-6-8-27-9-7-18)12-20(16)29-25(32)30-21-13-19(26)22(33-2)14-23(21)34-3/h4-9,12-14H,10-11,15H2,1-3H3,(H2,29,30,32). The van der Waals surface area contributed by atoms with Crippen LogP contribution in [0.15, 0.2) is 59.9 Å². The molecule has 0 saturated heterocycles. The topological polar surface area (TPSA) is 88.1 Å². The third-order valence-electron chi connectivity index (χ3n) is 5.52. The van der Waals surface area contributed by atoms with Crippen molar-refractivity contribution in [3.63, 3.8) is 0 Å². The van der Waals surface area contributed by atoms with E-state index in [1.54, 1.807) is 24.5 Å². The highest BCUT2D eigenvalue weighted by molar-refractivity contribution is 6.32. The van der Waals surface area contributed by atoms with Crippen molar-refractivity contribution in [3.8, 4) is 11.5 Å². The van der Waals surface area contributed by atoms with Crippen LogP contribution in [-0.2, 0) is 6.54 Å². The van der Waals surface area contributed by atoms with Crippen molar-refractivity contribution in [1.29, 1.82) is 0 Å². The first-order chi connectivity index (χ1) is 16.5. The Bertz CT molecular complexity index is 1220. The number of carbonyl (C=O) groups is 1. The maximum Gasteiger partial charge on any atom is 0.323 e. The fraction of sp³-hybridized carbons (Fsp3) is 0.240. The first kappa shape index (κ1) is 23.4. The zero-order valence-electron chi connectivity index (χ0n) is 19.3. The zero-order valence-corrected chi connectivity index (χ0v) is 20.0. The number of urea groups is 1. The van der Waals surface area contributed by atoms with Gasteiger partial charge in [0.15, 0.2) is 0 Å². The molecule has 4 rings (SSSR count). The Morgan fingerprint density at radius 1 is 1.03 bits per heavy atom. The number of aromatic nitrogens is 1. The highest BCUT2D eigenvalue weighted by Gasteiger charge is 2.19. The van der Waals surface area contributed by atoms with Crippen LogP contribution in [0.3, 0.4) is 0 Å². The average Bonchev–Trinajstić information content (AvgIpc) is 3.30. The molecule has 2 N–H and O–H groups in total. The van der Waals surface area contributed by atoms with Crippen molar-refractivity contribution >= 4 is 34.8 Å². The predicted molar refractivity (Wildman–Crippen MR) is 134 cm³/mol.